The summed E-state index contributed by atoms with van der Waals surface area (Å²) in [7, 11) is 0. The molecule has 0 spiro atoms. The molecule has 0 fully saturated rings. The molecule has 0 atom stereocenters. The van der Waals surface area contributed by atoms with E-state index in [1.165, 1.54) is 0 Å². The second kappa shape index (κ2) is 17.5. The van der Waals surface area contributed by atoms with Gasteiger partial charge in [0.25, 0.3) is 0 Å². The van der Waals surface area contributed by atoms with Crippen LogP contribution in [0.25, 0.3) is 0 Å². The second-order valence-electron chi connectivity index (χ2n) is 0.714. The molecule has 0 aromatic rings. The third kappa shape index (κ3) is 47.1. The molecule has 0 aromatic heterocycles. The van der Waals surface area contributed by atoms with Crippen molar-refractivity contribution in [2.24, 2.45) is 0 Å². The topological polar surface area (TPSA) is 134 Å². The molecule has 0 rings (SSSR count). The minimum atomic E-state index is -1.69. The first-order valence-electron chi connectivity index (χ1n) is 1.63. The van der Waals surface area contributed by atoms with Crippen molar-refractivity contribution < 1.29 is 102 Å². The molecule has 0 aromatic carbocycles. The molecule has 0 bridgehead atoms. The van der Waals surface area contributed by atoms with E-state index in [9.17, 15) is 0 Å². The molecule has 0 radical (unpaired) electrons. The van der Waals surface area contributed by atoms with Gasteiger partial charge in [0.05, 0.1) is 0 Å². The summed E-state index contributed by atoms with van der Waals surface area (Å²) in [5, 5.41) is 28.6. The van der Waals surface area contributed by atoms with Crippen molar-refractivity contribution >= 4 is 12.3 Å². The number of hydrogen-bond donors (Lipinski definition) is 4. The maximum Gasteiger partial charge on any atom is 1.00 e. The molecule has 0 unspecified atom stereocenters. The maximum atomic E-state index is 8.90. The molecule has 0 amide bonds. The molecule has 8 nitrogen and oxygen atoms in total. The Morgan fingerprint density at radius 1 is 0.917 bits per heavy atom. The van der Waals surface area contributed by atoms with Gasteiger partial charge in [-0.3, -0.25) is 9.78 Å². The summed E-state index contributed by atoms with van der Waals surface area (Å²) in [5.41, 5.74) is 0. The van der Waals surface area contributed by atoms with E-state index in [2.05, 4.69) is 9.78 Å². The fourth-order valence-corrected chi connectivity index (χ4v) is 0. The summed E-state index contributed by atoms with van der Waals surface area (Å²) in [4.78, 5) is 23.1. The van der Waals surface area contributed by atoms with Crippen molar-refractivity contribution in [1.29, 1.82) is 0 Å². The van der Waals surface area contributed by atoms with E-state index in [0.29, 0.717) is 0 Å². The van der Waals surface area contributed by atoms with Gasteiger partial charge in [-0.25, -0.2) is 9.59 Å². The van der Waals surface area contributed by atoms with E-state index < -0.39 is 12.3 Å². The zero-order valence-corrected chi connectivity index (χ0v) is 10.4. The van der Waals surface area contributed by atoms with Gasteiger partial charge in [-0.05, 0) is 0 Å². The van der Waals surface area contributed by atoms with Crippen LogP contribution in [0.2, 0.25) is 0 Å². The van der Waals surface area contributed by atoms with E-state index in [-0.39, 0.29) is 62.0 Å². The van der Waals surface area contributed by atoms with Crippen molar-refractivity contribution in [3.05, 3.63) is 0 Å². The maximum absolute atomic E-state index is 8.90. The van der Waals surface area contributed by atoms with Crippen LogP contribution in [0, 0.1) is 0 Å². The first-order chi connectivity index (χ1) is 4.54. The third-order valence-corrected chi connectivity index (χ3v) is 0.156. The average Bonchev–Trinajstić information content (AvgIpc) is 1.89. The standard InChI is InChI=1S/2CH2O4.2Na.2H/c2*2-1(3)5-4;;;;/h2*4H,(H,2,3);;;;/q;;2*+1;2*-1. The SMILES string of the molecule is O=C(O)OO.O=C(O)OO.[H-].[H-].[Na+].[Na+]. The molecule has 12 heavy (non-hydrogen) atoms. The molecule has 0 aliphatic rings. The van der Waals surface area contributed by atoms with Crippen LogP contribution in [0.15, 0.2) is 0 Å². The number of rotatable bonds is 0. The van der Waals surface area contributed by atoms with Crippen LogP contribution in [0.4, 0.5) is 9.59 Å². The van der Waals surface area contributed by atoms with Crippen LogP contribution in [-0.2, 0) is 9.78 Å². The molecule has 4 N–H and O–H groups in total. The normalized spacial score (nSPS) is 5.50. The Morgan fingerprint density at radius 3 is 1.00 bits per heavy atom. The Hall–Kier alpha value is 0.460. The molecular weight excluding hydrogens is 198 g/mol. The quantitative estimate of drug-likeness (QED) is 0.174. The van der Waals surface area contributed by atoms with Crippen molar-refractivity contribution in [3.63, 3.8) is 0 Å². The van der Waals surface area contributed by atoms with Crippen LogP contribution < -0.4 is 59.1 Å². The van der Waals surface area contributed by atoms with E-state index in [1.807, 2.05) is 0 Å². The van der Waals surface area contributed by atoms with Crippen LogP contribution in [0.1, 0.15) is 2.85 Å². The molecule has 10 heteroatoms. The zero-order chi connectivity index (χ0) is 8.57. The van der Waals surface area contributed by atoms with Crippen LogP contribution in [-0.4, -0.2) is 33.0 Å². The summed E-state index contributed by atoms with van der Waals surface area (Å²) in [6, 6.07) is 0. The smallest absolute Gasteiger partial charge is 1.00 e. The Labute approximate surface area is 113 Å². The molecule has 0 aliphatic heterocycles. The Morgan fingerprint density at radius 2 is 1.00 bits per heavy atom. The monoisotopic (exact) mass is 204 g/mol. The summed E-state index contributed by atoms with van der Waals surface area (Å²) in [6.07, 6.45) is -3.38. The van der Waals surface area contributed by atoms with Crippen LogP contribution >= 0.6 is 0 Å². The average molecular weight is 204 g/mol. The summed E-state index contributed by atoms with van der Waals surface area (Å²) in [5.74, 6) is 0. The van der Waals surface area contributed by atoms with Crippen molar-refractivity contribution in [3.8, 4) is 0 Å². The van der Waals surface area contributed by atoms with Crippen LogP contribution in [0.5, 0.6) is 0 Å². The molecule has 0 aliphatic carbocycles. The van der Waals surface area contributed by atoms with Gasteiger partial charge >= 0.3 is 71.4 Å². The van der Waals surface area contributed by atoms with Gasteiger partial charge in [0.15, 0.2) is 0 Å². The largest absolute Gasteiger partial charge is 1.00 e. The first-order valence-corrected chi connectivity index (χ1v) is 1.63. The van der Waals surface area contributed by atoms with E-state index in [1.54, 1.807) is 0 Å². The van der Waals surface area contributed by atoms with Gasteiger partial charge < -0.3 is 13.1 Å². The van der Waals surface area contributed by atoms with E-state index >= 15 is 0 Å². The van der Waals surface area contributed by atoms with Gasteiger partial charge in [-0.2, -0.15) is 10.5 Å². The minimum Gasteiger partial charge on any atom is -1.00 e. The Kier molecular flexibility index (Phi) is 33.4. The first kappa shape index (κ1) is 22.9. The summed E-state index contributed by atoms with van der Waals surface area (Å²) < 4.78 is 0. The fourth-order valence-electron chi connectivity index (χ4n) is 0. The molecule has 0 saturated heterocycles. The van der Waals surface area contributed by atoms with Gasteiger partial charge in [-0.1, -0.05) is 0 Å². The van der Waals surface area contributed by atoms with Gasteiger partial charge in [-0.15, -0.1) is 0 Å². The molecule has 64 valence electrons. The second-order valence-corrected chi connectivity index (χ2v) is 0.714. The summed E-state index contributed by atoms with van der Waals surface area (Å²) in [6.45, 7) is 0. The third-order valence-electron chi connectivity index (χ3n) is 0.156. The predicted molar refractivity (Wildman–Crippen MR) is 25.7 cm³/mol. The van der Waals surface area contributed by atoms with E-state index in [0.717, 1.165) is 0 Å². The van der Waals surface area contributed by atoms with Crippen LogP contribution in [0.3, 0.4) is 0 Å². The zero-order valence-electron chi connectivity index (χ0n) is 8.42. The number of carboxylic acid groups (broad SMARTS) is 2. The van der Waals surface area contributed by atoms with Crippen molar-refractivity contribution in [2.45, 2.75) is 0 Å². The van der Waals surface area contributed by atoms with E-state index in [4.69, 9.17) is 30.3 Å². The van der Waals surface area contributed by atoms with Crippen molar-refractivity contribution in [1.82, 2.24) is 0 Å². The van der Waals surface area contributed by atoms with Gasteiger partial charge in [0, 0.05) is 0 Å². The Balaban J connectivity index is -0.0000000178. The minimum absolute atomic E-state index is 0. The molecular formula is C2H6Na2O8. The number of carbonyl (C=O) groups is 2. The predicted octanol–water partition coefficient (Wildman–Crippen LogP) is -5.46. The van der Waals surface area contributed by atoms with Crippen molar-refractivity contribution in [2.75, 3.05) is 0 Å². The van der Waals surface area contributed by atoms with Gasteiger partial charge in [0.2, 0.25) is 0 Å². The molecule has 0 heterocycles. The van der Waals surface area contributed by atoms with Gasteiger partial charge in [0.1, 0.15) is 0 Å². The Bertz CT molecular complexity index is 108. The fraction of sp³-hybridized carbons (Fsp3) is 0. The summed E-state index contributed by atoms with van der Waals surface area (Å²) >= 11 is 0. The number of hydrogen-bond acceptors (Lipinski definition) is 6. The molecule has 0 saturated carbocycles.